The molecule has 22 heavy (non-hydrogen) atoms. The second-order valence-corrected chi connectivity index (χ2v) is 9.53. The molecule has 0 aromatic rings. The Morgan fingerprint density at radius 3 is 2.77 bits per heavy atom. The summed E-state index contributed by atoms with van der Waals surface area (Å²) in [4.78, 5) is 12.8. The van der Waals surface area contributed by atoms with Gasteiger partial charge in [-0.3, -0.25) is 4.79 Å². The smallest absolute Gasteiger partial charge is 0.312 e. The van der Waals surface area contributed by atoms with E-state index in [1.807, 2.05) is 0 Å². The van der Waals surface area contributed by atoms with E-state index in [2.05, 4.69) is 20.4 Å². The quantitative estimate of drug-likeness (QED) is 0.481. The molecule has 0 aromatic carbocycles. The van der Waals surface area contributed by atoms with Crippen molar-refractivity contribution in [1.29, 1.82) is 0 Å². The molecular weight excluding hydrogens is 272 g/mol. The van der Waals surface area contributed by atoms with Crippen molar-refractivity contribution < 1.29 is 9.53 Å². The SMILES string of the molecule is C=C1CC23CCC4C5(C)CCCC4(OC5=O)C2(C)CCC1C3. The van der Waals surface area contributed by atoms with Gasteiger partial charge in [0.15, 0.2) is 0 Å². The van der Waals surface area contributed by atoms with Crippen LogP contribution in [0.2, 0.25) is 0 Å². The largest absolute Gasteiger partial charge is 0.458 e. The van der Waals surface area contributed by atoms with E-state index in [1.54, 1.807) is 0 Å². The number of hydrogen-bond donors (Lipinski definition) is 0. The number of ether oxygens (including phenoxy) is 1. The van der Waals surface area contributed by atoms with E-state index in [1.165, 1.54) is 44.1 Å². The van der Waals surface area contributed by atoms with E-state index in [9.17, 15) is 4.79 Å². The minimum absolute atomic E-state index is 0.118. The Morgan fingerprint density at radius 2 is 1.95 bits per heavy atom. The van der Waals surface area contributed by atoms with Crippen molar-refractivity contribution in [3.63, 3.8) is 0 Å². The van der Waals surface area contributed by atoms with Gasteiger partial charge in [-0.25, -0.2) is 0 Å². The van der Waals surface area contributed by atoms with Crippen molar-refractivity contribution in [2.75, 3.05) is 0 Å². The van der Waals surface area contributed by atoms with Gasteiger partial charge < -0.3 is 4.74 Å². The maximum atomic E-state index is 12.8. The molecule has 6 unspecified atom stereocenters. The van der Waals surface area contributed by atoms with Gasteiger partial charge in [0, 0.05) is 11.3 Å². The first kappa shape index (κ1) is 13.6. The molecule has 0 amide bonds. The van der Waals surface area contributed by atoms with Crippen molar-refractivity contribution in [2.45, 2.75) is 77.2 Å². The lowest BCUT2D eigenvalue weighted by atomic mass is 9.40. The third-order valence-electron chi connectivity index (χ3n) is 9.11. The first-order chi connectivity index (χ1) is 10.4. The Balaban J connectivity index is 1.69. The molecule has 0 radical (unpaired) electrons. The first-order valence-corrected chi connectivity index (χ1v) is 9.28. The van der Waals surface area contributed by atoms with Crippen LogP contribution in [0.3, 0.4) is 0 Å². The maximum Gasteiger partial charge on any atom is 0.312 e. The van der Waals surface area contributed by atoms with E-state index < -0.39 is 0 Å². The Morgan fingerprint density at radius 1 is 1.14 bits per heavy atom. The topological polar surface area (TPSA) is 26.3 Å². The molecule has 1 heterocycles. The average Bonchev–Trinajstić information content (AvgIpc) is 2.80. The molecule has 0 N–H and O–H groups in total. The zero-order valence-electron chi connectivity index (χ0n) is 14.0. The van der Waals surface area contributed by atoms with Crippen LogP contribution in [0, 0.1) is 28.1 Å². The molecular formula is C20H28O2. The van der Waals surface area contributed by atoms with Crippen molar-refractivity contribution >= 4 is 5.97 Å². The molecule has 2 nitrogen and oxygen atoms in total. The summed E-state index contributed by atoms with van der Waals surface area (Å²) >= 11 is 0. The van der Waals surface area contributed by atoms with E-state index in [-0.39, 0.29) is 22.4 Å². The van der Waals surface area contributed by atoms with Gasteiger partial charge in [-0.15, -0.1) is 0 Å². The zero-order chi connectivity index (χ0) is 15.4. The molecule has 4 saturated carbocycles. The van der Waals surface area contributed by atoms with Gasteiger partial charge >= 0.3 is 5.97 Å². The monoisotopic (exact) mass is 300 g/mol. The van der Waals surface area contributed by atoms with Gasteiger partial charge in [0.1, 0.15) is 5.60 Å². The number of fused-ring (bicyclic) bond motifs is 1. The number of carbonyl (C=O) groups excluding carboxylic acids is 1. The Bertz CT molecular complexity index is 595. The van der Waals surface area contributed by atoms with Crippen LogP contribution >= 0.6 is 0 Å². The molecule has 1 spiro atoms. The van der Waals surface area contributed by atoms with Crippen LogP contribution in [-0.4, -0.2) is 11.6 Å². The lowest BCUT2D eigenvalue weighted by Gasteiger charge is -2.65. The zero-order valence-corrected chi connectivity index (χ0v) is 14.0. The number of esters is 1. The number of carbonyl (C=O) groups is 1. The third kappa shape index (κ3) is 1.16. The highest BCUT2D eigenvalue weighted by molar-refractivity contribution is 5.81. The molecule has 1 aliphatic heterocycles. The van der Waals surface area contributed by atoms with E-state index in [0.29, 0.717) is 11.3 Å². The van der Waals surface area contributed by atoms with Crippen LogP contribution in [0.1, 0.15) is 71.6 Å². The predicted molar refractivity (Wildman–Crippen MR) is 85.1 cm³/mol. The van der Waals surface area contributed by atoms with Crippen molar-refractivity contribution in [2.24, 2.45) is 28.1 Å². The number of rotatable bonds is 0. The fraction of sp³-hybridized carbons (Fsp3) is 0.850. The van der Waals surface area contributed by atoms with Crippen LogP contribution < -0.4 is 0 Å². The van der Waals surface area contributed by atoms with Crippen molar-refractivity contribution in [3.05, 3.63) is 12.2 Å². The number of allylic oxidation sites excluding steroid dienone is 1. The molecule has 4 bridgehead atoms. The maximum absolute atomic E-state index is 12.8. The highest BCUT2D eigenvalue weighted by atomic mass is 16.6. The molecule has 5 rings (SSSR count). The number of hydrogen-bond acceptors (Lipinski definition) is 2. The lowest BCUT2D eigenvalue weighted by Crippen LogP contribution is -2.65. The Kier molecular flexibility index (Phi) is 2.26. The summed E-state index contributed by atoms with van der Waals surface area (Å²) in [5, 5.41) is 0. The first-order valence-electron chi connectivity index (χ1n) is 9.28. The van der Waals surface area contributed by atoms with Gasteiger partial charge in [0.25, 0.3) is 0 Å². The normalized spacial score (nSPS) is 59.0. The standard InChI is InChI=1S/C20H28O2/c1-13-11-19-10-6-15-17(2)7-4-8-20(15,22-16(17)21)18(19,3)9-5-14(13)12-19/h14-15H,1,4-12H2,2-3H3. The molecule has 5 aliphatic rings. The summed E-state index contributed by atoms with van der Waals surface area (Å²) in [5.74, 6) is 1.32. The molecule has 2 heteroatoms. The predicted octanol–water partition coefficient (Wildman–Crippen LogP) is 4.63. The molecule has 120 valence electrons. The summed E-state index contributed by atoms with van der Waals surface area (Å²) in [6.45, 7) is 9.08. The summed E-state index contributed by atoms with van der Waals surface area (Å²) in [7, 11) is 0. The van der Waals surface area contributed by atoms with Crippen LogP contribution in [0.4, 0.5) is 0 Å². The van der Waals surface area contributed by atoms with Gasteiger partial charge in [-0.2, -0.15) is 0 Å². The van der Waals surface area contributed by atoms with Crippen molar-refractivity contribution in [1.82, 2.24) is 0 Å². The lowest BCUT2D eigenvalue weighted by molar-refractivity contribution is -0.224. The average molecular weight is 300 g/mol. The van der Waals surface area contributed by atoms with E-state index in [0.717, 1.165) is 25.2 Å². The Hall–Kier alpha value is -0.790. The Labute approximate surface area is 133 Å². The highest BCUT2D eigenvalue weighted by Crippen LogP contribution is 2.77. The van der Waals surface area contributed by atoms with Crippen LogP contribution in [0.5, 0.6) is 0 Å². The molecule has 5 fully saturated rings. The summed E-state index contributed by atoms with van der Waals surface area (Å²) < 4.78 is 6.36. The second-order valence-electron chi connectivity index (χ2n) is 9.53. The van der Waals surface area contributed by atoms with Gasteiger partial charge in [-0.1, -0.05) is 19.1 Å². The van der Waals surface area contributed by atoms with Crippen LogP contribution in [0.15, 0.2) is 12.2 Å². The summed E-state index contributed by atoms with van der Waals surface area (Å²) in [6, 6.07) is 0. The fourth-order valence-corrected chi connectivity index (χ4v) is 7.82. The molecule has 0 aromatic heterocycles. The summed E-state index contributed by atoms with van der Waals surface area (Å²) in [6.07, 6.45) is 10.8. The van der Waals surface area contributed by atoms with E-state index >= 15 is 0 Å². The van der Waals surface area contributed by atoms with Gasteiger partial charge in [-0.05, 0) is 76.0 Å². The molecule has 4 aliphatic carbocycles. The van der Waals surface area contributed by atoms with Crippen LogP contribution in [-0.2, 0) is 9.53 Å². The van der Waals surface area contributed by atoms with Gasteiger partial charge in [0.05, 0.1) is 5.41 Å². The highest BCUT2D eigenvalue weighted by Gasteiger charge is 2.77. The third-order valence-corrected chi connectivity index (χ3v) is 9.11. The summed E-state index contributed by atoms with van der Waals surface area (Å²) in [5.41, 5.74) is 1.67. The van der Waals surface area contributed by atoms with Crippen LogP contribution in [0.25, 0.3) is 0 Å². The molecule has 1 saturated heterocycles. The van der Waals surface area contributed by atoms with Gasteiger partial charge in [0.2, 0.25) is 0 Å². The fourth-order valence-electron chi connectivity index (χ4n) is 7.82. The minimum Gasteiger partial charge on any atom is -0.458 e. The molecule has 6 atom stereocenters. The minimum atomic E-state index is -0.199. The van der Waals surface area contributed by atoms with Crippen molar-refractivity contribution in [3.8, 4) is 0 Å². The second kappa shape index (κ2) is 3.65. The van der Waals surface area contributed by atoms with E-state index in [4.69, 9.17) is 4.74 Å².